The molecule has 94 valence electrons. The molecule has 1 saturated carbocycles. The molecule has 0 aromatic heterocycles. The van der Waals surface area contributed by atoms with Crippen molar-refractivity contribution >= 4 is 0 Å². The smallest absolute Gasteiger partial charge is 0.00926 e. The van der Waals surface area contributed by atoms with Gasteiger partial charge in [0.2, 0.25) is 0 Å². The number of piperidine rings is 1. The van der Waals surface area contributed by atoms with Crippen LogP contribution in [0, 0.1) is 5.92 Å². The van der Waals surface area contributed by atoms with E-state index in [1.807, 2.05) is 0 Å². The summed E-state index contributed by atoms with van der Waals surface area (Å²) >= 11 is 0. The number of likely N-dealkylation sites (tertiary alicyclic amines) is 1. The molecular weight excluding hydrogens is 196 g/mol. The lowest BCUT2D eigenvalue weighted by Crippen LogP contribution is -2.41. The van der Waals surface area contributed by atoms with E-state index in [9.17, 15) is 0 Å². The SMILES string of the molecule is CCC1CCCCN1CCC1CCCC1N. The number of nitrogens with zero attached hydrogens (tertiary/aromatic N) is 1. The average molecular weight is 224 g/mol. The van der Waals surface area contributed by atoms with Crippen molar-refractivity contribution in [2.45, 2.75) is 70.4 Å². The number of rotatable bonds is 4. The minimum absolute atomic E-state index is 0.505. The molecule has 2 rings (SSSR count). The van der Waals surface area contributed by atoms with Crippen LogP contribution in [0.2, 0.25) is 0 Å². The zero-order valence-corrected chi connectivity index (χ0v) is 10.8. The van der Waals surface area contributed by atoms with Gasteiger partial charge in [-0.05, 0) is 57.5 Å². The van der Waals surface area contributed by atoms with Crippen molar-refractivity contribution in [2.24, 2.45) is 11.7 Å². The summed E-state index contributed by atoms with van der Waals surface area (Å²) in [6.45, 7) is 4.97. The second-order valence-electron chi connectivity index (χ2n) is 5.74. The van der Waals surface area contributed by atoms with Gasteiger partial charge in [0, 0.05) is 12.1 Å². The Bertz CT molecular complexity index is 205. The summed E-state index contributed by atoms with van der Waals surface area (Å²) in [5.74, 6) is 0.819. The molecule has 3 unspecified atom stereocenters. The van der Waals surface area contributed by atoms with E-state index in [-0.39, 0.29) is 0 Å². The number of hydrogen-bond acceptors (Lipinski definition) is 2. The highest BCUT2D eigenvalue weighted by Crippen LogP contribution is 2.28. The van der Waals surface area contributed by atoms with Crippen molar-refractivity contribution in [1.29, 1.82) is 0 Å². The fourth-order valence-electron chi connectivity index (χ4n) is 3.57. The van der Waals surface area contributed by atoms with E-state index in [1.165, 1.54) is 64.5 Å². The van der Waals surface area contributed by atoms with Crippen molar-refractivity contribution in [3.8, 4) is 0 Å². The lowest BCUT2D eigenvalue weighted by atomic mass is 9.96. The lowest BCUT2D eigenvalue weighted by Gasteiger charge is -2.36. The summed E-state index contributed by atoms with van der Waals surface area (Å²) in [7, 11) is 0. The zero-order chi connectivity index (χ0) is 11.4. The maximum atomic E-state index is 6.14. The van der Waals surface area contributed by atoms with E-state index in [0.29, 0.717) is 6.04 Å². The summed E-state index contributed by atoms with van der Waals surface area (Å²) < 4.78 is 0. The molecule has 0 radical (unpaired) electrons. The van der Waals surface area contributed by atoms with Gasteiger partial charge in [-0.2, -0.15) is 0 Å². The first-order valence-corrected chi connectivity index (χ1v) is 7.31. The second-order valence-corrected chi connectivity index (χ2v) is 5.74. The fourth-order valence-corrected chi connectivity index (χ4v) is 3.57. The van der Waals surface area contributed by atoms with E-state index >= 15 is 0 Å². The maximum absolute atomic E-state index is 6.14. The monoisotopic (exact) mass is 224 g/mol. The zero-order valence-electron chi connectivity index (χ0n) is 10.8. The molecule has 2 nitrogen and oxygen atoms in total. The van der Waals surface area contributed by atoms with Gasteiger partial charge in [0.25, 0.3) is 0 Å². The van der Waals surface area contributed by atoms with Crippen molar-refractivity contribution in [2.75, 3.05) is 13.1 Å². The minimum Gasteiger partial charge on any atom is -0.327 e. The third kappa shape index (κ3) is 2.98. The Morgan fingerprint density at radius 1 is 1.12 bits per heavy atom. The van der Waals surface area contributed by atoms with Gasteiger partial charge in [0.05, 0.1) is 0 Å². The van der Waals surface area contributed by atoms with Gasteiger partial charge in [-0.15, -0.1) is 0 Å². The fraction of sp³-hybridized carbons (Fsp3) is 1.00. The number of nitrogens with two attached hydrogens (primary N) is 1. The molecule has 0 amide bonds. The third-order valence-corrected chi connectivity index (χ3v) is 4.73. The molecule has 0 spiro atoms. The quantitative estimate of drug-likeness (QED) is 0.795. The Morgan fingerprint density at radius 3 is 2.69 bits per heavy atom. The summed E-state index contributed by atoms with van der Waals surface area (Å²) in [6.07, 6.45) is 11.0. The van der Waals surface area contributed by atoms with Crippen LogP contribution in [-0.4, -0.2) is 30.1 Å². The van der Waals surface area contributed by atoms with Gasteiger partial charge in [-0.1, -0.05) is 19.8 Å². The largest absolute Gasteiger partial charge is 0.327 e. The Balaban J connectivity index is 1.75. The first-order valence-electron chi connectivity index (χ1n) is 7.31. The molecule has 2 heteroatoms. The number of hydrogen-bond donors (Lipinski definition) is 1. The molecule has 0 aromatic rings. The Labute approximate surface area is 101 Å². The van der Waals surface area contributed by atoms with Crippen LogP contribution in [-0.2, 0) is 0 Å². The molecule has 3 atom stereocenters. The second kappa shape index (κ2) is 6.02. The van der Waals surface area contributed by atoms with E-state index in [0.717, 1.165) is 12.0 Å². The average Bonchev–Trinajstić information content (AvgIpc) is 2.72. The highest BCUT2D eigenvalue weighted by Gasteiger charge is 2.26. The van der Waals surface area contributed by atoms with E-state index in [1.54, 1.807) is 0 Å². The summed E-state index contributed by atoms with van der Waals surface area (Å²) in [5.41, 5.74) is 6.14. The highest BCUT2D eigenvalue weighted by atomic mass is 15.2. The molecule has 1 heterocycles. The van der Waals surface area contributed by atoms with Crippen molar-refractivity contribution in [1.82, 2.24) is 4.90 Å². The van der Waals surface area contributed by atoms with E-state index in [2.05, 4.69) is 11.8 Å². The molecule has 16 heavy (non-hydrogen) atoms. The molecule has 2 fully saturated rings. The van der Waals surface area contributed by atoms with Crippen molar-refractivity contribution in [3.63, 3.8) is 0 Å². The molecular formula is C14H28N2. The van der Waals surface area contributed by atoms with Crippen molar-refractivity contribution < 1.29 is 0 Å². The van der Waals surface area contributed by atoms with Gasteiger partial charge >= 0.3 is 0 Å². The molecule has 0 bridgehead atoms. The van der Waals surface area contributed by atoms with Crippen LogP contribution in [0.25, 0.3) is 0 Å². The van der Waals surface area contributed by atoms with Gasteiger partial charge < -0.3 is 10.6 Å². The third-order valence-electron chi connectivity index (χ3n) is 4.73. The van der Waals surface area contributed by atoms with Crippen molar-refractivity contribution in [3.05, 3.63) is 0 Å². The minimum atomic E-state index is 0.505. The Kier molecular flexibility index (Phi) is 4.66. The van der Waals surface area contributed by atoms with Crippen LogP contribution in [0.15, 0.2) is 0 Å². The Hall–Kier alpha value is -0.0800. The highest BCUT2D eigenvalue weighted by molar-refractivity contribution is 4.83. The molecule has 2 N–H and O–H groups in total. The van der Waals surface area contributed by atoms with Crippen LogP contribution in [0.1, 0.15) is 58.3 Å². The molecule has 0 aromatic carbocycles. The first kappa shape index (κ1) is 12.4. The van der Waals surface area contributed by atoms with E-state index in [4.69, 9.17) is 5.73 Å². The van der Waals surface area contributed by atoms with Crippen LogP contribution < -0.4 is 5.73 Å². The van der Waals surface area contributed by atoms with Crippen LogP contribution in [0.5, 0.6) is 0 Å². The normalized spacial score (nSPS) is 36.8. The van der Waals surface area contributed by atoms with Crippen LogP contribution >= 0.6 is 0 Å². The summed E-state index contributed by atoms with van der Waals surface area (Å²) in [5, 5.41) is 0. The maximum Gasteiger partial charge on any atom is 0.00926 e. The summed E-state index contributed by atoms with van der Waals surface area (Å²) in [6, 6.07) is 1.37. The molecule has 1 aliphatic heterocycles. The summed E-state index contributed by atoms with van der Waals surface area (Å²) in [4.78, 5) is 2.73. The lowest BCUT2D eigenvalue weighted by molar-refractivity contribution is 0.134. The van der Waals surface area contributed by atoms with Gasteiger partial charge in [-0.25, -0.2) is 0 Å². The van der Waals surface area contributed by atoms with Gasteiger partial charge in [0.15, 0.2) is 0 Å². The first-order chi connectivity index (χ1) is 7.81. The molecule has 2 aliphatic rings. The molecule has 1 saturated heterocycles. The standard InChI is InChI=1S/C14H28N2/c1-2-13-7-3-4-10-16(13)11-9-12-6-5-8-14(12)15/h12-14H,2-11,15H2,1H3. The van der Waals surface area contributed by atoms with Crippen LogP contribution in [0.4, 0.5) is 0 Å². The predicted molar refractivity (Wildman–Crippen MR) is 69.4 cm³/mol. The topological polar surface area (TPSA) is 29.3 Å². The predicted octanol–water partition coefficient (Wildman–Crippen LogP) is 2.77. The van der Waals surface area contributed by atoms with Gasteiger partial charge in [0.1, 0.15) is 0 Å². The molecule has 1 aliphatic carbocycles. The van der Waals surface area contributed by atoms with E-state index < -0.39 is 0 Å². The van der Waals surface area contributed by atoms with Crippen LogP contribution in [0.3, 0.4) is 0 Å². The Morgan fingerprint density at radius 2 is 2.00 bits per heavy atom. The van der Waals surface area contributed by atoms with Gasteiger partial charge in [-0.3, -0.25) is 0 Å².